The first-order chi connectivity index (χ1) is 16.3. The summed E-state index contributed by atoms with van der Waals surface area (Å²) < 4.78 is 0. The lowest BCUT2D eigenvalue weighted by atomic mass is 9.68. The molecule has 34 heavy (non-hydrogen) atoms. The summed E-state index contributed by atoms with van der Waals surface area (Å²) in [6.45, 7) is 1.90. The van der Waals surface area contributed by atoms with Gasteiger partial charge in [-0.05, 0) is 36.8 Å². The number of nitrogens with zero attached hydrogens (tertiary/aromatic N) is 2. The van der Waals surface area contributed by atoms with Gasteiger partial charge in [-0.25, -0.2) is 0 Å². The molecule has 0 aromatic heterocycles. The van der Waals surface area contributed by atoms with Crippen molar-refractivity contribution in [2.24, 2.45) is 11.8 Å². The molecule has 0 radical (unpaired) electrons. The van der Waals surface area contributed by atoms with Gasteiger partial charge in [-0.15, -0.1) is 0 Å². The molecule has 0 aliphatic carbocycles. The van der Waals surface area contributed by atoms with Gasteiger partial charge in [0, 0.05) is 31.1 Å². The first-order valence-electron chi connectivity index (χ1n) is 11.2. The van der Waals surface area contributed by atoms with Crippen molar-refractivity contribution in [2.75, 3.05) is 23.9 Å². The van der Waals surface area contributed by atoms with E-state index in [1.54, 1.807) is 68.7 Å². The molecule has 2 amide bonds. The van der Waals surface area contributed by atoms with Crippen LogP contribution in [-0.4, -0.2) is 37.5 Å². The van der Waals surface area contributed by atoms with E-state index in [1.165, 1.54) is 9.80 Å². The van der Waals surface area contributed by atoms with Gasteiger partial charge in [-0.1, -0.05) is 54.1 Å². The average molecular weight is 453 g/mol. The first-order valence-corrected chi connectivity index (χ1v) is 11.2. The van der Waals surface area contributed by atoms with Gasteiger partial charge in [-0.2, -0.15) is 0 Å². The number of ketones is 2. The maximum atomic E-state index is 13.8. The van der Waals surface area contributed by atoms with E-state index in [4.69, 9.17) is 0 Å². The number of hydrogen-bond acceptors (Lipinski definition) is 4. The molecule has 2 unspecified atom stereocenters. The van der Waals surface area contributed by atoms with E-state index < -0.39 is 29.6 Å². The number of carbonyl (C=O) groups excluding carboxylic acids is 4. The van der Waals surface area contributed by atoms with Crippen LogP contribution in [0.5, 0.6) is 0 Å². The molecule has 3 aromatic rings. The molecule has 2 aliphatic rings. The molecule has 2 atom stereocenters. The predicted octanol–water partition coefficient (Wildman–Crippen LogP) is 4.03. The maximum Gasteiger partial charge on any atom is 0.238 e. The third-order valence-electron chi connectivity index (χ3n) is 6.97. The van der Waals surface area contributed by atoms with Crippen LogP contribution in [0.2, 0.25) is 0 Å². The van der Waals surface area contributed by atoms with Crippen LogP contribution in [-0.2, 0) is 9.59 Å². The normalized spacial score (nSPS) is 20.8. The molecule has 0 spiro atoms. The Hall–Kier alpha value is -4.06. The Morgan fingerprint density at radius 1 is 0.647 bits per heavy atom. The Labute approximate surface area is 197 Å². The van der Waals surface area contributed by atoms with Crippen LogP contribution in [0, 0.1) is 18.8 Å². The Kier molecular flexibility index (Phi) is 5.16. The quantitative estimate of drug-likeness (QED) is 0.563. The van der Waals surface area contributed by atoms with E-state index >= 15 is 0 Å². The lowest BCUT2D eigenvalue weighted by Crippen LogP contribution is -2.52. The maximum absolute atomic E-state index is 13.8. The number of hydrogen-bond donors (Lipinski definition) is 0. The zero-order valence-corrected chi connectivity index (χ0v) is 19.2. The summed E-state index contributed by atoms with van der Waals surface area (Å²) in [5.41, 5.74) is 3.42. The molecular formula is C28H24N2O4. The van der Waals surface area contributed by atoms with Gasteiger partial charge in [-0.3, -0.25) is 19.2 Å². The fourth-order valence-corrected chi connectivity index (χ4v) is 5.25. The molecule has 2 aliphatic heterocycles. The Morgan fingerprint density at radius 3 is 1.59 bits per heavy atom. The van der Waals surface area contributed by atoms with E-state index in [9.17, 15) is 19.2 Å². The number of carbonyl (C=O) groups is 4. The highest BCUT2D eigenvalue weighted by Crippen LogP contribution is 2.45. The average Bonchev–Trinajstić information content (AvgIpc) is 2.85. The fourth-order valence-electron chi connectivity index (χ4n) is 5.25. The molecule has 3 aromatic carbocycles. The molecular weight excluding hydrogens is 428 g/mol. The third-order valence-corrected chi connectivity index (χ3v) is 6.97. The molecule has 5 rings (SSSR count). The lowest BCUT2D eigenvalue weighted by molar-refractivity contribution is -0.124. The van der Waals surface area contributed by atoms with Gasteiger partial charge in [0.25, 0.3) is 0 Å². The van der Waals surface area contributed by atoms with E-state index in [-0.39, 0.29) is 11.6 Å². The highest BCUT2D eigenvalue weighted by atomic mass is 16.2. The Bertz CT molecular complexity index is 1280. The molecule has 0 fully saturated rings. The molecule has 6 heteroatoms. The second-order valence-corrected chi connectivity index (χ2v) is 8.95. The van der Waals surface area contributed by atoms with Gasteiger partial charge in [0.2, 0.25) is 11.8 Å². The minimum absolute atomic E-state index is 0.368. The SMILES string of the molecule is Cc1cccc(C(C2C(=O)c3ccccc3N(C)C2=O)C2C(=O)c3ccccc3N(C)C2=O)c1. The summed E-state index contributed by atoms with van der Waals surface area (Å²) in [7, 11) is 3.25. The number of anilines is 2. The van der Waals surface area contributed by atoms with Crippen LogP contribution in [0.4, 0.5) is 11.4 Å². The van der Waals surface area contributed by atoms with Crippen LogP contribution in [0.1, 0.15) is 37.8 Å². The number of aryl methyl sites for hydroxylation is 1. The van der Waals surface area contributed by atoms with Crippen molar-refractivity contribution in [3.63, 3.8) is 0 Å². The van der Waals surface area contributed by atoms with Crippen LogP contribution in [0.25, 0.3) is 0 Å². The topological polar surface area (TPSA) is 74.8 Å². The van der Waals surface area contributed by atoms with Crippen molar-refractivity contribution < 1.29 is 19.2 Å². The van der Waals surface area contributed by atoms with Crippen molar-refractivity contribution >= 4 is 34.8 Å². The molecule has 2 heterocycles. The number of Topliss-reactive ketones (excluding diaryl/α,β-unsaturated/α-hetero) is 2. The van der Waals surface area contributed by atoms with Crippen molar-refractivity contribution in [1.29, 1.82) is 0 Å². The van der Waals surface area contributed by atoms with Crippen molar-refractivity contribution in [2.45, 2.75) is 12.8 Å². The fraction of sp³-hybridized carbons (Fsp3) is 0.214. The Morgan fingerprint density at radius 2 is 1.12 bits per heavy atom. The summed E-state index contributed by atoms with van der Waals surface area (Å²) in [6.07, 6.45) is 0. The van der Waals surface area contributed by atoms with Crippen LogP contribution < -0.4 is 9.80 Å². The van der Waals surface area contributed by atoms with Crippen molar-refractivity contribution in [1.82, 2.24) is 0 Å². The largest absolute Gasteiger partial charge is 0.314 e. The van der Waals surface area contributed by atoms with Crippen LogP contribution in [0.15, 0.2) is 72.8 Å². The predicted molar refractivity (Wildman–Crippen MR) is 129 cm³/mol. The summed E-state index contributed by atoms with van der Waals surface area (Å²) in [4.78, 5) is 57.8. The van der Waals surface area contributed by atoms with Crippen LogP contribution in [0.3, 0.4) is 0 Å². The monoisotopic (exact) mass is 452 g/mol. The third kappa shape index (κ3) is 3.17. The molecule has 0 saturated heterocycles. The molecule has 0 saturated carbocycles. The summed E-state index contributed by atoms with van der Waals surface area (Å²) in [5, 5.41) is 0. The van der Waals surface area contributed by atoms with Gasteiger partial charge in [0.1, 0.15) is 11.8 Å². The van der Waals surface area contributed by atoms with Crippen LogP contribution >= 0.6 is 0 Å². The second kappa shape index (κ2) is 8.06. The molecule has 170 valence electrons. The minimum Gasteiger partial charge on any atom is -0.314 e. The van der Waals surface area contributed by atoms with E-state index in [0.717, 1.165) is 5.56 Å². The standard InChI is InChI=1S/C28H24N2O4/c1-16-9-8-10-17(15-16)22(23-25(31)18-11-4-6-13-20(18)29(2)27(23)33)24-26(32)19-12-5-7-14-21(19)30(3)28(24)34/h4-15,22-24H,1-3H3. The zero-order chi connectivity index (χ0) is 24.1. The number of fused-ring (bicyclic) bond motifs is 2. The highest BCUT2D eigenvalue weighted by Gasteiger charge is 2.52. The van der Waals surface area contributed by atoms with Gasteiger partial charge in [0.05, 0.1) is 11.4 Å². The molecule has 6 nitrogen and oxygen atoms in total. The number of rotatable bonds is 3. The van der Waals surface area contributed by atoms with Gasteiger partial charge in [0.15, 0.2) is 11.6 Å². The number of amides is 2. The summed E-state index contributed by atoms with van der Waals surface area (Å²) in [6, 6.07) is 21.2. The second-order valence-electron chi connectivity index (χ2n) is 8.95. The highest BCUT2D eigenvalue weighted by molar-refractivity contribution is 6.25. The summed E-state index contributed by atoms with van der Waals surface area (Å²) in [5.74, 6) is -4.91. The van der Waals surface area contributed by atoms with Crippen molar-refractivity contribution in [3.8, 4) is 0 Å². The van der Waals surface area contributed by atoms with E-state index in [2.05, 4.69) is 0 Å². The lowest BCUT2D eigenvalue weighted by Gasteiger charge is -2.40. The van der Waals surface area contributed by atoms with E-state index in [1.807, 2.05) is 25.1 Å². The molecule has 0 N–H and O–H groups in total. The van der Waals surface area contributed by atoms with Gasteiger partial charge < -0.3 is 9.80 Å². The Balaban J connectivity index is 1.72. The smallest absolute Gasteiger partial charge is 0.238 e. The van der Waals surface area contributed by atoms with Gasteiger partial charge >= 0.3 is 0 Å². The molecule has 0 bridgehead atoms. The van der Waals surface area contributed by atoms with E-state index in [0.29, 0.717) is 28.1 Å². The summed E-state index contributed by atoms with van der Waals surface area (Å²) >= 11 is 0. The number of benzene rings is 3. The number of para-hydroxylation sites is 2. The minimum atomic E-state index is -1.20. The van der Waals surface area contributed by atoms with Crippen molar-refractivity contribution in [3.05, 3.63) is 95.1 Å². The first kappa shape index (κ1) is 21.8. The zero-order valence-electron chi connectivity index (χ0n) is 19.2.